The van der Waals surface area contributed by atoms with Gasteiger partial charge in [0.2, 0.25) is 0 Å². The van der Waals surface area contributed by atoms with Crippen LogP contribution in [0.3, 0.4) is 0 Å². The molecule has 1 saturated heterocycles. The van der Waals surface area contributed by atoms with Gasteiger partial charge in [-0.2, -0.15) is 5.26 Å². The highest BCUT2D eigenvalue weighted by atomic mass is 16.5. The first-order valence-electron chi connectivity index (χ1n) is 7.12. The van der Waals surface area contributed by atoms with Gasteiger partial charge in [-0.05, 0) is 31.0 Å². The van der Waals surface area contributed by atoms with Crippen LogP contribution in [-0.2, 0) is 14.3 Å². The molecule has 0 N–H and O–H groups in total. The van der Waals surface area contributed by atoms with Crippen LogP contribution in [0.5, 0.6) is 5.75 Å². The summed E-state index contributed by atoms with van der Waals surface area (Å²) in [4.78, 5) is 25.2. The molecule has 0 saturated carbocycles. The van der Waals surface area contributed by atoms with Crippen molar-refractivity contribution in [2.24, 2.45) is 5.92 Å². The van der Waals surface area contributed by atoms with E-state index < -0.39 is 0 Å². The molecule has 1 fully saturated rings. The molecule has 1 amide bonds. The van der Waals surface area contributed by atoms with Gasteiger partial charge >= 0.3 is 5.97 Å². The quantitative estimate of drug-likeness (QED) is 0.784. The molecule has 22 heavy (non-hydrogen) atoms. The maximum atomic E-state index is 12.1. The van der Waals surface area contributed by atoms with Gasteiger partial charge in [0.05, 0.1) is 24.7 Å². The van der Waals surface area contributed by atoms with E-state index in [-0.39, 0.29) is 24.4 Å². The molecule has 1 aliphatic rings. The van der Waals surface area contributed by atoms with Gasteiger partial charge < -0.3 is 14.4 Å². The van der Waals surface area contributed by atoms with E-state index >= 15 is 0 Å². The van der Waals surface area contributed by atoms with Crippen LogP contribution < -0.4 is 4.74 Å². The lowest BCUT2D eigenvalue weighted by Crippen LogP contribution is -2.42. The Bertz CT molecular complexity index is 586. The molecule has 1 aromatic carbocycles. The van der Waals surface area contributed by atoms with E-state index in [1.54, 1.807) is 29.2 Å². The minimum absolute atomic E-state index is 0.0717. The van der Waals surface area contributed by atoms with Crippen LogP contribution in [0.4, 0.5) is 0 Å². The second kappa shape index (κ2) is 7.46. The summed E-state index contributed by atoms with van der Waals surface area (Å²) < 4.78 is 10.1. The Morgan fingerprint density at radius 1 is 1.36 bits per heavy atom. The first kappa shape index (κ1) is 15.8. The van der Waals surface area contributed by atoms with Crippen LogP contribution in [0.2, 0.25) is 0 Å². The second-order valence-corrected chi connectivity index (χ2v) is 5.11. The van der Waals surface area contributed by atoms with Crippen molar-refractivity contribution in [3.05, 3.63) is 29.8 Å². The fourth-order valence-corrected chi connectivity index (χ4v) is 2.42. The van der Waals surface area contributed by atoms with E-state index in [2.05, 4.69) is 0 Å². The van der Waals surface area contributed by atoms with E-state index in [4.69, 9.17) is 14.7 Å². The number of nitrogens with zero attached hydrogens (tertiary/aromatic N) is 2. The molecule has 0 atom stereocenters. The third kappa shape index (κ3) is 3.98. The van der Waals surface area contributed by atoms with Crippen molar-refractivity contribution >= 4 is 11.9 Å². The van der Waals surface area contributed by atoms with E-state index in [0.29, 0.717) is 37.2 Å². The highest BCUT2D eigenvalue weighted by Gasteiger charge is 2.27. The molecule has 2 rings (SSSR count). The van der Waals surface area contributed by atoms with Gasteiger partial charge in [-0.15, -0.1) is 0 Å². The molecule has 1 heterocycles. The summed E-state index contributed by atoms with van der Waals surface area (Å²) in [6.45, 7) is 0.984. The van der Waals surface area contributed by atoms with Crippen molar-refractivity contribution in [2.75, 3.05) is 26.8 Å². The Labute approximate surface area is 129 Å². The van der Waals surface area contributed by atoms with Crippen molar-refractivity contribution < 1.29 is 19.1 Å². The fourth-order valence-electron chi connectivity index (χ4n) is 2.42. The molecule has 0 aliphatic carbocycles. The van der Waals surface area contributed by atoms with Crippen molar-refractivity contribution in [3.8, 4) is 11.8 Å². The Balaban J connectivity index is 1.81. The number of carbonyl (C=O) groups excluding carboxylic acids is 2. The number of hydrogen-bond donors (Lipinski definition) is 0. The number of likely N-dealkylation sites (tertiary alicyclic amines) is 1. The lowest BCUT2D eigenvalue weighted by Gasteiger charge is -2.30. The van der Waals surface area contributed by atoms with Gasteiger partial charge in [-0.3, -0.25) is 9.59 Å². The summed E-state index contributed by atoms with van der Waals surface area (Å²) in [6, 6.07) is 8.70. The minimum atomic E-state index is -0.211. The Morgan fingerprint density at radius 2 is 2.09 bits per heavy atom. The van der Waals surface area contributed by atoms with E-state index in [0.717, 1.165) is 0 Å². The molecule has 0 spiro atoms. The molecule has 0 bridgehead atoms. The first-order chi connectivity index (χ1) is 10.6. The minimum Gasteiger partial charge on any atom is -0.484 e. The fraction of sp³-hybridized carbons (Fsp3) is 0.438. The predicted octanol–water partition coefficient (Wildman–Crippen LogP) is 1.35. The molecule has 1 aromatic rings. The standard InChI is InChI=1S/C16H18N2O4/c1-21-16(20)13-5-7-18(8-6-13)15(19)11-22-14-4-2-3-12(9-14)10-17/h2-4,9,13H,5-8,11H2,1H3. The molecule has 0 aromatic heterocycles. The number of benzene rings is 1. The Kier molecular flexibility index (Phi) is 5.37. The van der Waals surface area contributed by atoms with Crippen LogP contribution in [0.25, 0.3) is 0 Å². The second-order valence-electron chi connectivity index (χ2n) is 5.11. The zero-order valence-corrected chi connectivity index (χ0v) is 12.4. The molecule has 1 aliphatic heterocycles. The summed E-state index contributed by atoms with van der Waals surface area (Å²) in [6.07, 6.45) is 1.23. The van der Waals surface area contributed by atoms with Gasteiger partial charge in [0.25, 0.3) is 5.91 Å². The van der Waals surface area contributed by atoms with Gasteiger partial charge in [0.1, 0.15) is 5.75 Å². The monoisotopic (exact) mass is 302 g/mol. The number of esters is 1. The van der Waals surface area contributed by atoms with Crippen LogP contribution in [-0.4, -0.2) is 43.6 Å². The van der Waals surface area contributed by atoms with Crippen molar-refractivity contribution in [2.45, 2.75) is 12.8 Å². The number of carbonyl (C=O) groups is 2. The molecule has 6 nitrogen and oxygen atoms in total. The number of amides is 1. The zero-order chi connectivity index (χ0) is 15.9. The number of rotatable bonds is 4. The number of hydrogen-bond acceptors (Lipinski definition) is 5. The van der Waals surface area contributed by atoms with Crippen LogP contribution in [0.15, 0.2) is 24.3 Å². The highest BCUT2D eigenvalue weighted by molar-refractivity contribution is 5.78. The SMILES string of the molecule is COC(=O)C1CCN(C(=O)COc2cccc(C#N)c2)CC1. The van der Waals surface area contributed by atoms with Crippen molar-refractivity contribution in [1.82, 2.24) is 4.90 Å². The Morgan fingerprint density at radius 3 is 2.73 bits per heavy atom. The van der Waals surface area contributed by atoms with Crippen LogP contribution in [0.1, 0.15) is 18.4 Å². The number of ether oxygens (including phenoxy) is 2. The van der Waals surface area contributed by atoms with Gasteiger partial charge in [-0.1, -0.05) is 6.07 Å². The largest absolute Gasteiger partial charge is 0.484 e. The summed E-state index contributed by atoms with van der Waals surface area (Å²) in [5, 5.41) is 8.81. The number of piperidine rings is 1. The average Bonchev–Trinajstić information content (AvgIpc) is 2.59. The summed E-state index contributed by atoms with van der Waals surface area (Å²) in [5.74, 6) is 0.0430. The number of methoxy groups -OCH3 is 1. The average molecular weight is 302 g/mol. The molecule has 0 unspecified atom stereocenters. The third-order valence-electron chi connectivity index (χ3n) is 3.71. The van der Waals surface area contributed by atoms with Crippen LogP contribution in [0, 0.1) is 17.2 Å². The molecule has 0 radical (unpaired) electrons. The lowest BCUT2D eigenvalue weighted by molar-refractivity contribution is -0.149. The third-order valence-corrected chi connectivity index (χ3v) is 3.71. The van der Waals surface area contributed by atoms with E-state index in [9.17, 15) is 9.59 Å². The van der Waals surface area contributed by atoms with E-state index in [1.165, 1.54) is 7.11 Å². The predicted molar refractivity (Wildman–Crippen MR) is 78.0 cm³/mol. The summed E-state index contributed by atoms with van der Waals surface area (Å²) >= 11 is 0. The molecule has 116 valence electrons. The Hall–Kier alpha value is -2.55. The maximum Gasteiger partial charge on any atom is 0.308 e. The van der Waals surface area contributed by atoms with Gasteiger partial charge in [0, 0.05) is 13.1 Å². The maximum absolute atomic E-state index is 12.1. The summed E-state index contributed by atoms with van der Waals surface area (Å²) in [7, 11) is 1.38. The first-order valence-corrected chi connectivity index (χ1v) is 7.12. The molecule has 6 heteroatoms. The number of nitriles is 1. The molecular formula is C16H18N2O4. The van der Waals surface area contributed by atoms with Crippen LogP contribution >= 0.6 is 0 Å². The molecular weight excluding hydrogens is 284 g/mol. The normalized spacial score (nSPS) is 15.0. The van der Waals surface area contributed by atoms with E-state index in [1.807, 2.05) is 6.07 Å². The van der Waals surface area contributed by atoms with Crippen molar-refractivity contribution in [1.29, 1.82) is 5.26 Å². The van der Waals surface area contributed by atoms with Crippen molar-refractivity contribution in [3.63, 3.8) is 0 Å². The highest BCUT2D eigenvalue weighted by Crippen LogP contribution is 2.19. The summed E-state index contributed by atoms with van der Waals surface area (Å²) in [5.41, 5.74) is 0.490. The topological polar surface area (TPSA) is 79.6 Å². The van der Waals surface area contributed by atoms with Gasteiger partial charge in [0.15, 0.2) is 6.61 Å². The van der Waals surface area contributed by atoms with Gasteiger partial charge in [-0.25, -0.2) is 0 Å². The lowest BCUT2D eigenvalue weighted by atomic mass is 9.97. The smallest absolute Gasteiger partial charge is 0.308 e. The zero-order valence-electron chi connectivity index (χ0n) is 12.4.